The second-order valence-corrected chi connectivity index (χ2v) is 7.98. The second-order valence-electron chi connectivity index (χ2n) is 7.98. The zero-order valence-corrected chi connectivity index (χ0v) is 18.1. The summed E-state index contributed by atoms with van der Waals surface area (Å²) in [5.74, 6) is 0.397. The smallest absolute Gasteiger partial charge is 0.411 e. The SMILES string of the molecule is COc1ccc([C@H]2O[C@@H](c3ccccc3)NC(=O)[C@@H]2N2C(=O)OC[C@@H]2c2ccccc2)cc1. The van der Waals surface area contributed by atoms with Crippen molar-refractivity contribution >= 4 is 12.0 Å². The Morgan fingerprint density at radius 1 is 0.848 bits per heavy atom. The van der Waals surface area contributed by atoms with Crippen molar-refractivity contribution in [2.24, 2.45) is 0 Å². The van der Waals surface area contributed by atoms with Crippen molar-refractivity contribution in [2.45, 2.75) is 24.4 Å². The molecule has 3 aromatic carbocycles. The number of hydrogen-bond acceptors (Lipinski definition) is 5. The topological polar surface area (TPSA) is 77.1 Å². The number of amides is 2. The molecular weight excluding hydrogens is 420 g/mol. The van der Waals surface area contributed by atoms with E-state index in [2.05, 4.69) is 5.32 Å². The molecule has 168 valence electrons. The van der Waals surface area contributed by atoms with E-state index in [0.717, 1.165) is 16.7 Å². The highest BCUT2D eigenvalue weighted by atomic mass is 16.6. The Labute approximate surface area is 191 Å². The Hall–Kier alpha value is -3.84. The summed E-state index contributed by atoms with van der Waals surface area (Å²) in [5, 5.41) is 2.94. The molecule has 3 aromatic rings. The van der Waals surface area contributed by atoms with Gasteiger partial charge in [-0.05, 0) is 23.3 Å². The molecule has 2 aliphatic rings. The molecule has 2 fully saturated rings. The normalized spacial score (nSPS) is 24.8. The number of methoxy groups -OCH3 is 1. The van der Waals surface area contributed by atoms with E-state index in [-0.39, 0.29) is 12.5 Å². The fourth-order valence-electron chi connectivity index (χ4n) is 4.40. The zero-order chi connectivity index (χ0) is 22.8. The minimum atomic E-state index is -0.904. The summed E-state index contributed by atoms with van der Waals surface area (Å²) in [6, 6.07) is 25.1. The van der Waals surface area contributed by atoms with E-state index in [4.69, 9.17) is 14.2 Å². The maximum Gasteiger partial charge on any atom is 0.411 e. The van der Waals surface area contributed by atoms with Crippen LogP contribution in [0.2, 0.25) is 0 Å². The predicted octanol–water partition coefficient (Wildman–Crippen LogP) is 4.14. The summed E-state index contributed by atoms with van der Waals surface area (Å²) >= 11 is 0. The molecule has 5 rings (SSSR count). The molecule has 0 saturated carbocycles. The van der Waals surface area contributed by atoms with Gasteiger partial charge in [0.15, 0.2) is 6.23 Å². The summed E-state index contributed by atoms with van der Waals surface area (Å²) < 4.78 is 17.1. The molecule has 33 heavy (non-hydrogen) atoms. The lowest BCUT2D eigenvalue weighted by atomic mass is 9.95. The molecule has 0 radical (unpaired) electrons. The number of ether oxygens (including phenoxy) is 3. The molecule has 7 nitrogen and oxygen atoms in total. The molecule has 0 aromatic heterocycles. The van der Waals surface area contributed by atoms with Gasteiger partial charge < -0.3 is 19.5 Å². The zero-order valence-electron chi connectivity index (χ0n) is 18.1. The molecule has 0 unspecified atom stereocenters. The van der Waals surface area contributed by atoms with E-state index >= 15 is 0 Å². The summed E-state index contributed by atoms with van der Waals surface area (Å²) in [6.45, 7) is 0.171. The van der Waals surface area contributed by atoms with Crippen LogP contribution in [0.25, 0.3) is 0 Å². The van der Waals surface area contributed by atoms with Gasteiger partial charge in [-0.1, -0.05) is 72.8 Å². The minimum Gasteiger partial charge on any atom is -0.497 e. The van der Waals surface area contributed by atoms with Crippen molar-refractivity contribution in [1.29, 1.82) is 0 Å². The van der Waals surface area contributed by atoms with Gasteiger partial charge in [-0.2, -0.15) is 0 Å². The van der Waals surface area contributed by atoms with Gasteiger partial charge in [0.25, 0.3) is 0 Å². The predicted molar refractivity (Wildman–Crippen MR) is 120 cm³/mol. The van der Waals surface area contributed by atoms with Gasteiger partial charge in [-0.25, -0.2) is 4.79 Å². The number of benzene rings is 3. The van der Waals surface area contributed by atoms with Crippen molar-refractivity contribution in [3.8, 4) is 5.75 Å². The van der Waals surface area contributed by atoms with Crippen LogP contribution >= 0.6 is 0 Å². The Balaban J connectivity index is 1.54. The quantitative estimate of drug-likeness (QED) is 0.640. The van der Waals surface area contributed by atoms with E-state index < -0.39 is 30.5 Å². The van der Waals surface area contributed by atoms with Crippen LogP contribution in [0, 0.1) is 0 Å². The third-order valence-electron chi connectivity index (χ3n) is 6.05. The molecule has 1 N–H and O–H groups in total. The Morgan fingerprint density at radius 2 is 1.48 bits per heavy atom. The fourth-order valence-corrected chi connectivity index (χ4v) is 4.40. The average molecular weight is 444 g/mol. The second kappa shape index (κ2) is 8.96. The van der Waals surface area contributed by atoms with Crippen LogP contribution < -0.4 is 10.1 Å². The van der Waals surface area contributed by atoms with Gasteiger partial charge in [0.1, 0.15) is 24.5 Å². The molecule has 2 aliphatic heterocycles. The molecule has 4 atom stereocenters. The third kappa shape index (κ3) is 4.03. The van der Waals surface area contributed by atoms with Crippen molar-refractivity contribution in [2.75, 3.05) is 13.7 Å². The van der Waals surface area contributed by atoms with Gasteiger partial charge in [0, 0.05) is 5.56 Å². The van der Waals surface area contributed by atoms with Gasteiger partial charge in [0.05, 0.1) is 13.2 Å². The van der Waals surface area contributed by atoms with Crippen molar-refractivity contribution < 1.29 is 23.8 Å². The standard InChI is InChI=1S/C26H24N2O5/c1-31-20-14-12-18(13-15-20)23-22(24(29)27-25(33-23)19-10-6-3-7-11-19)28-21(16-32-26(28)30)17-8-4-2-5-9-17/h2-15,21-23,25H,16H2,1H3,(H,27,29)/t21-,22-,23-,25+/m1/s1. The average Bonchev–Trinajstić information content (AvgIpc) is 3.25. The van der Waals surface area contributed by atoms with Crippen LogP contribution in [-0.2, 0) is 14.3 Å². The van der Waals surface area contributed by atoms with Crippen molar-refractivity contribution in [1.82, 2.24) is 10.2 Å². The highest BCUT2D eigenvalue weighted by Crippen LogP contribution is 2.40. The number of nitrogens with one attached hydrogen (secondary N) is 1. The van der Waals surface area contributed by atoms with Crippen LogP contribution in [0.4, 0.5) is 4.79 Å². The monoisotopic (exact) mass is 444 g/mol. The molecule has 2 amide bonds. The van der Waals surface area contributed by atoms with Crippen molar-refractivity contribution in [3.63, 3.8) is 0 Å². The number of carbonyl (C=O) groups excluding carboxylic acids is 2. The van der Waals surface area contributed by atoms with Gasteiger partial charge in [0.2, 0.25) is 5.91 Å². The largest absolute Gasteiger partial charge is 0.497 e. The highest BCUT2D eigenvalue weighted by molar-refractivity contribution is 5.88. The van der Waals surface area contributed by atoms with Gasteiger partial charge in [-0.3, -0.25) is 9.69 Å². The van der Waals surface area contributed by atoms with Crippen molar-refractivity contribution in [3.05, 3.63) is 102 Å². The summed E-state index contributed by atoms with van der Waals surface area (Å²) in [7, 11) is 1.60. The number of rotatable bonds is 5. The third-order valence-corrected chi connectivity index (χ3v) is 6.05. The first kappa shape index (κ1) is 21.0. The fraction of sp³-hybridized carbons (Fsp3) is 0.231. The summed E-state index contributed by atoms with van der Waals surface area (Å²) in [4.78, 5) is 27.9. The summed E-state index contributed by atoms with van der Waals surface area (Å²) in [5.41, 5.74) is 2.49. The molecular formula is C26H24N2O5. The van der Waals surface area contributed by atoms with Crippen LogP contribution in [0.15, 0.2) is 84.9 Å². The molecule has 7 heteroatoms. The molecule has 2 heterocycles. The minimum absolute atomic E-state index is 0.171. The maximum absolute atomic E-state index is 13.5. The first-order valence-corrected chi connectivity index (χ1v) is 10.8. The maximum atomic E-state index is 13.5. The Kier molecular flexibility index (Phi) is 5.71. The van der Waals surface area contributed by atoms with E-state index in [1.54, 1.807) is 7.11 Å². The van der Waals surface area contributed by atoms with Crippen LogP contribution in [0.1, 0.15) is 35.1 Å². The van der Waals surface area contributed by atoms with E-state index in [0.29, 0.717) is 5.75 Å². The van der Waals surface area contributed by atoms with E-state index in [1.807, 2.05) is 84.9 Å². The molecule has 0 aliphatic carbocycles. The number of hydrogen-bond donors (Lipinski definition) is 1. The van der Waals surface area contributed by atoms with E-state index in [1.165, 1.54) is 4.90 Å². The highest BCUT2D eigenvalue weighted by Gasteiger charge is 2.50. The first-order chi connectivity index (χ1) is 16.2. The lowest BCUT2D eigenvalue weighted by Crippen LogP contribution is -2.57. The first-order valence-electron chi connectivity index (χ1n) is 10.8. The molecule has 0 bridgehead atoms. The van der Waals surface area contributed by atoms with Crippen LogP contribution in [-0.4, -0.2) is 36.7 Å². The number of carbonyl (C=O) groups is 2. The lowest BCUT2D eigenvalue weighted by molar-refractivity contribution is -0.157. The molecule has 2 saturated heterocycles. The lowest BCUT2D eigenvalue weighted by Gasteiger charge is -2.41. The van der Waals surface area contributed by atoms with Crippen LogP contribution in [0.5, 0.6) is 5.75 Å². The number of cyclic esters (lactones) is 1. The summed E-state index contributed by atoms with van der Waals surface area (Å²) in [6.07, 6.45) is -1.88. The van der Waals surface area contributed by atoms with Gasteiger partial charge >= 0.3 is 6.09 Å². The molecule has 0 spiro atoms. The van der Waals surface area contributed by atoms with Gasteiger partial charge in [-0.15, -0.1) is 0 Å². The Bertz CT molecular complexity index is 1120. The number of nitrogens with zero attached hydrogens (tertiary/aromatic N) is 1. The Morgan fingerprint density at radius 3 is 2.12 bits per heavy atom. The van der Waals surface area contributed by atoms with Crippen LogP contribution in [0.3, 0.4) is 0 Å². The van der Waals surface area contributed by atoms with E-state index in [9.17, 15) is 9.59 Å².